The van der Waals surface area contributed by atoms with E-state index in [1.807, 2.05) is 30.3 Å². The average molecular weight is 289 g/mol. The van der Waals surface area contributed by atoms with Crippen molar-refractivity contribution >= 4 is 0 Å². The highest BCUT2D eigenvalue weighted by Crippen LogP contribution is 2.31. The van der Waals surface area contributed by atoms with Crippen LogP contribution in [0.4, 0.5) is 0 Å². The summed E-state index contributed by atoms with van der Waals surface area (Å²) < 4.78 is 5.89. The van der Waals surface area contributed by atoms with Gasteiger partial charge in [-0.05, 0) is 56.2 Å². The van der Waals surface area contributed by atoms with Crippen LogP contribution in [0, 0.1) is 11.8 Å². The lowest BCUT2D eigenvalue weighted by Gasteiger charge is -2.34. The van der Waals surface area contributed by atoms with Gasteiger partial charge in [-0.15, -0.1) is 0 Å². The lowest BCUT2D eigenvalue weighted by atomic mass is 9.78. The van der Waals surface area contributed by atoms with Crippen molar-refractivity contribution in [2.75, 3.05) is 13.2 Å². The molecule has 1 aromatic rings. The first-order valence-electron chi connectivity index (χ1n) is 8.70. The van der Waals surface area contributed by atoms with Gasteiger partial charge < -0.3 is 10.1 Å². The Labute approximate surface area is 130 Å². The molecular formula is C19H31NO. The molecule has 0 heterocycles. The third kappa shape index (κ3) is 5.70. The molecule has 1 aliphatic rings. The number of hydrogen-bond acceptors (Lipinski definition) is 2. The summed E-state index contributed by atoms with van der Waals surface area (Å²) in [6.07, 6.45) is 7.90. The van der Waals surface area contributed by atoms with E-state index in [0.717, 1.165) is 37.2 Å². The third-order valence-electron chi connectivity index (χ3n) is 4.64. The monoisotopic (exact) mass is 289 g/mol. The molecule has 0 bridgehead atoms. The molecule has 0 spiro atoms. The number of benzene rings is 1. The van der Waals surface area contributed by atoms with Crippen LogP contribution >= 0.6 is 0 Å². The lowest BCUT2D eigenvalue weighted by Crippen LogP contribution is -2.40. The molecule has 1 N–H and O–H groups in total. The van der Waals surface area contributed by atoms with Crippen molar-refractivity contribution in [1.29, 1.82) is 0 Å². The summed E-state index contributed by atoms with van der Waals surface area (Å²) in [6, 6.07) is 10.8. The molecule has 3 atom stereocenters. The molecule has 2 nitrogen and oxygen atoms in total. The second-order valence-electron chi connectivity index (χ2n) is 6.54. The summed E-state index contributed by atoms with van der Waals surface area (Å²) in [6.45, 7) is 6.59. The molecule has 1 aromatic carbocycles. The van der Waals surface area contributed by atoms with Gasteiger partial charge in [0.25, 0.3) is 0 Å². The van der Waals surface area contributed by atoms with Gasteiger partial charge in [-0.1, -0.05) is 44.9 Å². The minimum absolute atomic E-state index is 0.622. The molecule has 2 heteroatoms. The molecule has 1 saturated carbocycles. The summed E-state index contributed by atoms with van der Waals surface area (Å²) in [5.41, 5.74) is 0. The molecule has 0 amide bonds. The fraction of sp³-hybridized carbons (Fsp3) is 0.684. The van der Waals surface area contributed by atoms with Crippen molar-refractivity contribution in [1.82, 2.24) is 5.32 Å². The Bertz CT molecular complexity index is 378. The molecule has 118 valence electrons. The van der Waals surface area contributed by atoms with Crippen molar-refractivity contribution in [3.63, 3.8) is 0 Å². The van der Waals surface area contributed by atoms with Gasteiger partial charge in [0.1, 0.15) is 5.75 Å². The first kappa shape index (κ1) is 16.4. The lowest BCUT2D eigenvalue weighted by molar-refractivity contribution is 0.191. The molecule has 0 aromatic heterocycles. The van der Waals surface area contributed by atoms with Gasteiger partial charge in [0.2, 0.25) is 0 Å². The molecule has 0 saturated heterocycles. The molecule has 2 rings (SSSR count). The summed E-state index contributed by atoms with van der Waals surface area (Å²) in [5, 5.41) is 3.77. The molecule has 21 heavy (non-hydrogen) atoms. The van der Waals surface area contributed by atoms with Gasteiger partial charge in [0.05, 0.1) is 6.61 Å². The van der Waals surface area contributed by atoms with Crippen LogP contribution in [0.15, 0.2) is 30.3 Å². The molecule has 1 fully saturated rings. The van der Waals surface area contributed by atoms with Crippen LogP contribution in [0.3, 0.4) is 0 Å². The first-order valence-corrected chi connectivity index (χ1v) is 8.70. The van der Waals surface area contributed by atoms with Crippen LogP contribution in [-0.2, 0) is 0 Å². The van der Waals surface area contributed by atoms with E-state index in [1.165, 1.54) is 32.1 Å². The predicted molar refractivity (Wildman–Crippen MR) is 89.8 cm³/mol. The third-order valence-corrected chi connectivity index (χ3v) is 4.64. The highest BCUT2D eigenvalue weighted by atomic mass is 16.5. The Kier molecular flexibility index (Phi) is 7.08. The molecule has 0 aliphatic heterocycles. The maximum Gasteiger partial charge on any atom is 0.119 e. The normalized spacial score (nSPS) is 23.7. The van der Waals surface area contributed by atoms with Crippen LogP contribution in [0.5, 0.6) is 5.75 Å². The molecule has 3 unspecified atom stereocenters. The van der Waals surface area contributed by atoms with Crippen molar-refractivity contribution in [2.24, 2.45) is 11.8 Å². The van der Waals surface area contributed by atoms with E-state index in [0.29, 0.717) is 6.04 Å². The molecular weight excluding hydrogens is 258 g/mol. The quantitative estimate of drug-likeness (QED) is 0.752. The average Bonchev–Trinajstić information content (AvgIpc) is 2.51. The van der Waals surface area contributed by atoms with E-state index in [2.05, 4.69) is 19.2 Å². The number of para-hydroxylation sites is 1. The van der Waals surface area contributed by atoms with Gasteiger partial charge in [-0.3, -0.25) is 0 Å². The molecule has 1 aliphatic carbocycles. The Balaban J connectivity index is 1.81. The number of nitrogens with one attached hydrogen (secondary N) is 1. The van der Waals surface area contributed by atoms with E-state index < -0.39 is 0 Å². The zero-order valence-electron chi connectivity index (χ0n) is 13.7. The zero-order chi connectivity index (χ0) is 14.9. The maximum absolute atomic E-state index is 5.89. The minimum atomic E-state index is 0.622. The van der Waals surface area contributed by atoms with E-state index in [-0.39, 0.29) is 0 Å². The number of rotatable bonds is 8. The Hall–Kier alpha value is -1.02. The topological polar surface area (TPSA) is 21.3 Å². The fourth-order valence-electron chi connectivity index (χ4n) is 3.50. The Morgan fingerprint density at radius 2 is 2.05 bits per heavy atom. The highest BCUT2D eigenvalue weighted by molar-refractivity contribution is 5.20. The van der Waals surface area contributed by atoms with E-state index in [9.17, 15) is 0 Å². The van der Waals surface area contributed by atoms with Crippen molar-refractivity contribution in [3.8, 4) is 5.75 Å². The standard InChI is InChI=1S/C19H31NO/c1-3-13-20-19(17-9-7-8-16(2)15-17)12-14-21-18-10-5-4-6-11-18/h4-6,10-11,16-17,19-20H,3,7-9,12-15H2,1-2H3. The van der Waals surface area contributed by atoms with Crippen LogP contribution in [0.1, 0.15) is 52.4 Å². The van der Waals surface area contributed by atoms with Crippen LogP contribution in [-0.4, -0.2) is 19.2 Å². The summed E-state index contributed by atoms with van der Waals surface area (Å²) in [5.74, 6) is 2.72. The second kappa shape index (κ2) is 9.09. The largest absolute Gasteiger partial charge is 0.494 e. The van der Waals surface area contributed by atoms with Gasteiger partial charge in [0.15, 0.2) is 0 Å². The van der Waals surface area contributed by atoms with Gasteiger partial charge in [-0.25, -0.2) is 0 Å². The Morgan fingerprint density at radius 3 is 2.76 bits per heavy atom. The van der Waals surface area contributed by atoms with Crippen LogP contribution in [0.25, 0.3) is 0 Å². The SMILES string of the molecule is CCCNC(CCOc1ccccc1)C1CCCC(C)C1. The van der Waals surface area contributed by atoms with Crippen LogP contribution in [0.2, 0.25) is 0 Å². The van der Waals surface area contributed by atoms with Crippen LogP contribution < -0.4 is 10.1 Å². The first-order chi connectivity index (χ1) is 10.3. The number of ether oxygens (including phenoxy) is 1. The van der Waals surface area contributed by atoms with Crippen molar-refractivity contribution in [2.45, 2.75) is 58.4 Å². The fourth-order valence-corrected chi connectivity index (χ4v) is 3.50. The van der Waals surface area contributed by atoms with E-state index in [1.54, 1.807) is 0 Å². The van der Waals surface area contributed by atoms with Gasteiger partial charge >= 0.3 is 0 Å². The van der Waals surface area contributed by atoms with E-state index in [4.69, 9.17) is 4.74 Å². The van der Waals surface area contributed by atoms with Crippen molar-refractivity contribution in [3.05, 3.63) is 30.3 Å². The predicted octanol–water partition coefficient (Wildman–Crippen LogP) is 4.65. The summed E-state index contributed by atoms with van der Waals surface area (Å²) in [7, 11) is 0. The minimum Gasteiger partial charge on any atom is -0.494 e. The zero-order valence-corrected chi connectivity index (χ0v) is 13.7. The van der Waals surface area contributed by atoms with Gasteiger partial charge in [-0.2, -0.15) is 0 Å². The summed E-state index contributed by atoms with van der Waals surface area (Å²) in [4.78, 5) is 0. The van der Waals surface area contributed by atoms with Gasteiger partial charge in [0, 0.05) is 6.04 Å². The number of hydrogen-bond donors (Lipinski definition) is 1. The highest BCUT2D eigenvalue weighted by Gasteiger charge is 2.26. The van der Waals surface area contributed by atoms with Crippen molar-refractivity contribution < 1.29 is 4.74 Å². The second-order valence-corrected chi connectivity index (χ2v) is 6.54. The molecule has 0 radical (unpaired) electrons. The Morgan fingerprint density at radius 1 is 1.24 bits per heavy atom. The van der Waals surface area contributed by atoms with E-state index >= 15 is 0 Å². The summed E-state index contributed by atoms with van der Waals surface area (Å²) >= 11 is 0. The smallest absolute Gasteiger partial charge is 0.119 e. The maximum atomic E-state index is 5.89.